The molecule has 0 aromatic rings. The Bertz CT molecular complexity index is 1370. The van der Waals surface area contributed by atoms with Crippen LogP contribution in [0.15, 0.2) is 12.2 Å². The summed E-state index contributed by atoms with van der Waals surface area (Å²) in [5.41, 5.74) is 0. The normalized spacial score (nSPS) is 12.4. The topological polar surface area (TPSA) is 95.9 Å². The molecule has 1 amide bonds. The molecule has 0 saturated heterocycles. The molecule has 6 heteroatoms. The van der Waals surface area contributed by atoms with Crippen LogP contribution >= 0.6 is 0 Å². The molecule has 0 heterocycles. The van der Waals surface area contributed by atoms with Gasteiger partial charge in [-0.25, -0.2) is 0 Å². The first-order chi connectivity index (χ1) is 44.5. The highest BCUT2D eigenvalue weighted by molar-refractivity contribution is 5.76. The minimum Gasteiger partial charge on any atom is -0.466 e. The predicted molar refractivity (Wildman–Crippen MR) is 398 cm³/mol. The molecule has 0 aliphatic heterocycles. The Labute approximate surface area is 565 Å². The summed E-state index contributed by atoms with van der Waals surface area (Å²) in [4.78, 5) is 24.6. The number of esters is 1. The van der Waals surface area contributed by atoms with Gasteiger partial charge in [-0.15, -0.1) is 0 Å². The summed E-state index contributed by atoms with van der Waals surface area (Å²) < 4.78 is 5.50. The largest absolute Gasteiger partial charge is 0.466 e. The van der Waals surface area contributed by atoms with Gasteiger partial charge in [0, 0.05) is 12.8 Å². The standard InChI is InChI=1S/C84H165NO5/c1-3-5-7-9-11-13-15-17-19-20-21-43-46-49-52-56-60-64-68-72-76-82(87)81(80-86)85-83(88)77-73-69-65-61-57-53-50-47-44-41-39-37-35-33-31-29-27-25-23-22-24-26-28-30-32-34-36-38-40-42-45-48-51-55-59-63-67-71-75-79-90-84(89)78-74-70-66-62-58-54-18-16-14-12-10-8-6-4-2/h22-23,81-82,86-87H,3-21,24-80H2,1-2H3,(H,85,88)/b23-22-. The lowest BCUT2D eigenvalue weighted by Crippen LogP contribution is -2.45. The minimum absolute atomic E-state index is 0.0249. The highest BCUT2D eigenvalue weighted by Crippen LogP contribution is 2.21. The van der Waals surface area contributed by atoms with E-state index in [9.17, 15) is 19.8 Å². The van der Waals surface area contributed by atoms with Crippen molar-refractivity contribution in [2.24, 2.45) is 0 Å². The third-order valence-electron chi connectivity index (χ3n) is 20.1. The Balaban J connectivity index is 3.31. The number of aliphatic hydroxyl groups excluding tert-OH is 2. The molecule has 6 nitrogen and oxygen atoms in total. The first-order valence-corrected chi connectivity index (χ1v) is 41.9. The molecule has 0 bridgehead atoms. The van der Waals surface area contributed by atoms with E-state index in [-0.39, 0.29) is 18.5 Å². The molecule has 0 saturated carbocycles. The zero-order valence-electron chi connectivity index (χ0n) is 61.7. The molecule has 0 spiro atoms. The second kappa shape index (κ2) is 80.0. The Hall–Kier alpha value is -1.40. The molecule has 0 rings (SSSR count). The van der Waals surface area contributed by atoms with Crippen LogP contribution in [0.1, 0.15) is 489 Å². The molecule has 0 aromatic heterocycles. The number of rotatable bonds is 80. The van der Waals surface area contributed by atoms with E-state index in [1.807, 2.05) is 0 Å². The van der Waals surface area contributed by atoms with Crippen LogP contribution in [0.25, 0.3) is 0 Å². The number of allylic oxidation sites excluding steroid dienone is 2. The third kappa shape index (κ3) is 75.6. The molecule has 0 aromatic carbocycles. The average molecular weight is 1270 g/mol. The molecular formula is C84H165NO5. The van der Waals surface area contributed by atoms with Gasteiger partial charge in [0.05, 0.1) is 25.4 Å². The van der Waals surface area contributed by atoms with Gasteiger partial charge < -0.3 is 20.3 Å². The molecular weight excluding hydrogens is 1100 g/mol. The van der Waals surface area contributed by atoms with Gasteiger partial charge in [-0.3, -0.25) is 9.59 Å². The smallest absolute Gasteiger partial charge is 0.305 e. The second-order valence-corrected chi connectivity index (χ2v) is 29.2. The SMILES string of the molecule is CCCCCCCCCCCCCCCCCCCCCCC(O)C(CO)NC(=O)CCCCCCCCCCCCCCCCCCC/C=C\CCCCCCCCCCCCCCCCCCCCOC(=O)CCCCCCCCCCCCCCCC. The summed E-state index contributed by atoms with van der Waals surface area (Å²) >= 11 is 0. The molecule has 3 N–H and O–H groups in total. The number of unbranched alkanes of at least 4 members (excludes halogenated alkanes) is 67. The fraction of sp³-hybridized carbons (Fsp3) is 0.952. The van der Waals surface area contributed by atoms with Gasteiger partial charge in [0.2, 0.25) is 5.91 Å². The molecule has 90 heavy (non-hydrogen) atoms. The highest BCUT2D eigenvalue weighted by atomic mass is 16.5. The van der Waals surface area contributed by atoms with Gasteiger partial charge in [-0.1, -0.05) is 437 Å². The van der Waals surface area contributed by atoms with E-state index >= 15 is 0 Å². The van der Waals surface area contributed by atoms with E-state index in [4.69, 9.17) is 4.74 Å². The maximum Gasteiger partial charge on any atom is 0.305 e. The minimum atomic E-state index is -0.662. The summed E-state index contributed by atoms with van der Waals surface area (Å²) in [6, 6.07) is -0.538. The maximum absolute atomic E-state index is 12.6. The quantitative estimate of drug-likeness (QED) is 0.0320. The van der Waals surface area contributed by atoms with Crippen molar-refractivity contribution in [3.63, 3.8) is 0 Å². The summed E-state index contributed by atoms with van der Waals surface area (Å²) in [6.07, 6.45) is 102. The van der Waals surface area contributed by atoms with E-state index in [1.54, 1.807) is 0 Å². The Morgan fingerprint density at radius 2 is 0.522 bits per heavy atom. The van der Waals surface area contributed by atoms with Gasteiger partial charge in [0.15, 0.2) is 0 Å². The van der Waals surface area contributed by atoms with Gasteiger partial charge in [0.1, 0.15) is 0 Å². The van der Waals surface area contributed by atoms with Gasteiger partial charge in [-0.05, 0) is 51.4 Å². The van der Waals surface area contributed by atoms with E-state index in [2.05, 4.69) is 31.3 Å². The number of hydrogen-bond acceptors (Lipinski definition) is 5. The van der Waals surface area contributed by atoms with Gasteiger partial charge in [-0.2, -0.15) is 0 Å². The number of ether oxygens (including phenoxy) is 1. The first kappa shape index (κ1) is 88.6. The monoisotopic (exact) mass is 1270 g/mol. The molecule has 0 fully saturated rings. The van der Waals surface area contributed by atoms with Crippen molar-refractivity contribution in [1.29, 1.82) is 0 Å². The van der Waals surface area contributed by atoms with Crippen molar-refractivity contribution in [3.8, 4) is 0 Å². The summed E-state index contributed by atoms with van der Waals surface area (Å²) in [7, 11) is 0. The van der Waals surface area contributed by atoms with Crippen molar-refractivity contribution < 1.29 is 24.5 Å². The number of nitrogens with one attached hydrogen (secondary N) is 1. The Kier molecular flexibility index (Phi) is 78.8. The van der Waals surface area contributed by atoms with Gasteiger partial charge >= 0.3 is 5.97 Å². The van der Waals surface area contributed by atoms with Crippen LogP contribution in [0.3, 0.4) is 0 Å². The molecule has 0 aliphatic carbocycles. The summed E-state index contributed by atoms with van der Waals surface area (Å²) in [6.45, 7) is 5.02. The fourth-order valence-corrected chi connectivity index (χ4v) is 13.7. The van der Waals surface area contributed by atoms with E-state index in [0.717, 1.165) is 38.5 Å². The van der Waals surface area contributed by atoms with E-state index in [0.29, 0.717) is 25.9 Å². The van der Waals surface area contributed by atoms with Crippen LogP contribution in [-0.2, 0) is 14.3 Å². The van der Waals surface area contributed by atoms with Crippen LogP contribution in [0.4, 0.5) is 0 Å². The summed E-state index contributed by atoms with van der Waals surface area (Å²) in [5, 5.41) is 23.5. The van der Waals surface area contributed by atoms with E-state index in [1.165, 1.54) is 417 Å². The number of hydrogen-bond donors (Lipinski definition) is 3. The average Bonchev–Trinajstić information content (AvgIpc) is 3.63. The van der Waals surface area contributed by atoms with Crippen molar-refractivity contribution >= 4 is 11.9 Å². The van der Waals surface area contributed by atoms with Crippen LogP contribution in [0.5, 0.6) is 0 Å². The lowest BCUT2D eigenvalue weighted by Gasteiger charge is -2.22. The highest BCUT2D eigenvalue weighted by Gasteiger charge is 2.20. The maximum atomic E-state index is 12.6. The lowest BCUT2D eigenvalue weighted by molar-refractivity contribution is -0.143. The molecule has 0 aliphatic rings. The predicted octanol–water partition coefficient (Wildman–Crippen LogP) is 27.8. The van der Waals surface area contributed by atoms with Gasteiger partial charge in [0.25, 0.3) is 0 Å². The number of carbonyl (C=O) groups excluding carboxylic acids is 2. The lowest BCUT2D eigenvalue weighted by atomic mass is 10.0. The third-order valence-corrected chi connectivity index (χ3v) is 20.1. The zero-order chi connectivity index (χ0) is 64.9. The Morgan fingerprint density at radius 3 is 0.789 bits per heavy atom. The molecule has 2 atom stereocenters. The Morgan fingerprint density at radius 1 is 0.300 bits per heavy atom. The van der Waals surface area contributed by atoms with Crippen molar-refractivity contribution in [2.45, 2.75) is 501 Å². The first-order valence-electron chi connectivity index (χ1n) is 41.9. The van der Waals surface area contributed by atoms with Crippen molar-refractivity contribution in [2.75, 3.05) is 13.2 Å². The number of carbonyl (C=O) groups is 2. The molecule has 2 unspecified atom stereocenters. The van der Waals surface area contributed by atoms with E-state index < -0.39 is 12.1 Å². The zero-order valence-corrected chi connectivity index (χ0v) is 61.7. The molecule has 536 valence electrons. The fourth-order valence-electron chi connectivity index (χ4n) is 13.7. The summed E-state index contributed by atoms with van der Waals surface area (Å²) in [5.74, 6) is 0.00110. The second-order valence-electron chi connectivity index (χ2n) is 29.2. The number of aliphatic hydroxyl groups is 2. The van der Waals surface area contributed by atoms with Crippen molar-refractivity contribution in [3.05, 3.63) is 12.2 Å². The van der Waals surface area contributed by atoms with Crippen LogP contribution in [-0.4, -0.2) is 47.4 Å². The molecule has 0 radical (unpaired) electrons. The van der Waals surface area contributed by atoms with Crippen LogP contribution in [0, 0.1) is 0 Å². The van der Waals surface area contributed by atoms with Crippen LogP contribution < -0.4 is 5.32 Å². The van der Waals surface area contributed by atoms with Crippen molar-refractivity contribution in [1.82, 2.24) is 5.32 Å². The number of amides is 1. The van der Waals surface area contributed by atoms with Crippen LogP contribution in [0.2, 0.25) is 0 Å².